The Balaban J connectivity index is -0.00000312. The second-order valence-electron chi connectivity index (χ2n) is 9.09. The maximum Gasteiger partial charge on any atom is 1.00 e. The first-order chi connectivity index (χ1) is 12.7. The molecule has 0 N–H and O–H groups in total. The molecule has 166 valence electrons. The van der Waals surface area contributed by atoms with Crippen LogP contribution in [0.15, 0.2) is 0 Å². The molecule has 28 heavy (non-hydrogen) atoms. The average molecular weight is 469 g/mol. The van der Waals surface area contributed by atoms with Gasteiger partial charge in [-0.3, -0.25) is 0 Å². The van der Waals surface area contributed by atoms with Gasteiger partial charge in [-0.2, -0.15) is 0 Å². The number of nitrogens with zero attached hydrogens (tertiary/aromatic N) is 1. The van der Waals surface area contributed by atoms with Crippen LogP contribution < -0.4 is 58.2 Å². The van der Waals surface area contributed by atoms with Crippen LogP contribution in [0.3, 0.4) is 0 Å². The van der Waals surface area contributed by atoms with Gasteiger partial charge in [0.1, 0.15) is 0 Å². The summed E-state index contributed by atoms with van der Waals surface area (Å²) < 4.78 is 1.36. The Bertz CT molecular complexity index is 232. The summed E-state index contributed by atoms with van der Waals surface area (Å²) in [5.74, 6) is 0. The maximum absolute atomic E-state index is 2.56. The molecule has 0 aliphatic carbocycles. The molecule has 0 saturated carbocycles. The summed E-state index contributed by atoms with van der Waals surface area (Å²) in [6.45, 7) is 11.2. The Labute approximate surface area is 231 Å². The minimum absolute atomic E-state index is 0. The molecule has 0 spiro atoms. The van der Waals surface area contributed by atoms with Crippen molar-refractivity contribution in [1.82, 2.24) is 0 Å². The van der Waals surface area contributed by atoms with E-state index in [1.807, 2.05) is 0 Å². The number of unbranched alkanes of at least 4 members (excludes halogenated alkanes) is 15. The molecule has 0 aliphatic heterocycles. The van der Waals surface area contributed by atoms with Crippen LogP contribution in [0.4, 0.5) is 0 Å². The summed E-state index contributed by atoms with van der Waals surface area (Å²) >= 11 is 0. The molecule has 1 nitrogen and oxygen atoms in total. The minimum Gasteiger partial charge on any atom is -0.326 e. The van der Waals surface area contributed by atoms with E-state index in [4.69, 9.17) is 0 Å². The standard InChI is InChI=1S/C25H54N.BH4.Rb/c1-5-8-11-14-17-20-23-26(4,24-21-18-15-12-9-6-2)25-22-19-16-13-10-7-3;;/h5-25H2,1-4H3;1H4;/q+1;-1;+1. The fourth-order valence-electron chi connectivity index (χ4n) is 4.16. The van der Waals surface area contributed by atoms with Crippen LogP contribution >= 0.6 is 0 Å². The third-order valence-corrected chi connectivity index (χ3v) is 6.15. The summed E-state index contributed by atoms with van der Waals surface area (Å²) in [5.41, 5.74) is 0. The van der Waals surface area contributed by atoms with E-state index < -0.39 is 0 Å². The smallest absolute Gasteiger partial charge is 0.326 e. The van der Waals surface area contributed by atoms with Gasteiger partial charge in [-0.25, -0.2) is 0 Å². The van der Waals surface area contributed by atoms with E-state index in [2.05, 4.69) is 27.8 Å². The Kier molecular flexibility index (Phi) is 33.0. The van der Waals surface area contributed by atoms with Crippen LogP contribution in [0.25, 0.3) is 0 Å². The Morgan fingerprint density at radius 3 is 0.857 bits per heavy atom. The molecule has 0 amide bonds. The van der Waals surface area contributed by atoms with Crippen LogP contribution in [0.1, 0.15) is 136 Å². The van der Waals surface area contributed by atoms with Gasteiger partial charge in [-0.1, -0.05) is 106 Å². The van der Waals surface area contributed by atoms with Crippen LogP contribution in [-0.2, 0) is 0 Å². The molecule has 0 aromatic rings. The van der Waals surface area contributed by atoms with Crippen LogP contribution in [0, 0.1) is 0 Å². The molecule has 0 aromatic carbocycles. The summed E-state index contributed by atoms with van der Waals surface area (Å²) in [6, 6.07) is 0. The molecule has 0 bridgehead atoms. The summed E-state index contributed by atoms with van der Waals surface area (Å²) in [4.78, 5) is 0. The summed E-state index contributed by atoms with van der Waals surface area (Å²) in [7, 11) is 2.56. The topological polar surface area (TPSA) is 0 Å². The zero-order valence-electron chi connectivity index (χ0n) is 20.3. The molecule has 0 saturated heterocycles. The Morgan fingerprint density at radius 2 is 0.607 bits per heavy atom. The predicted molar refractivity (Wildman–Crippen MR) is 132 cm³/mol. The normalized spacial score (nSPS) is 11.1. The first-order valence-corrected chi connectivity index (χ1v) is 12.5. The Hall–Kier alpha value is 1.83. The van der Waals surface area contributed by atoms with Crippen molar-refractivity contribution < 1.29 is 62.7 Å². The van der Waals surface area contributed by atoms with Gasteiger partial charge in [0, 0.05) is 0 Å². The van der Waals surface area contributed by atoms with E-state index in [-0.39, 0.29) is 66.6 Å². The van der Waals surface area contributed by atoms with Crippen LogP contribution in [0.2, 0.25) is 0 Å². The zero-order valence-corrected chi connectivity index (χ0v) is 25.2. The van der Waals surface area contributed by atoms with Crippen molar-refractivity contribution in [3.8, 4) is 0 Å². The summed E-state index contributed by atoms with van der Waals surface area (Å²) in [5, 5.41) is 0. The van der Waals surface area contributed by atoms with Gasteiger partial charge >= 0.3 is 58.2 Å². The van der Waals surface area contributed by atoms with Crippen LogP contribution in [0.5, 0.6) is 0 Å². The molecule has 0 atom stereocenters. The first kappa shape index (κ1) is 34.4. The number of rotatable bonds is 21. The molecule has 0 fully saturated rings. The zero-order chi connectivity index (χ0) is 19.3. The van der Waals surface area contributed by atoms with Crippen molar-refractivity contribution in [3.05, 3.63) is 0 Å². The number of hydrogen-bond donors (Lipinski definition) is 0. The number of hydrogen-bond acceptors (Lipinski definition) is 0. The van der Waals surface area contributed by atoms with Gasteiger partial charge in [0.15, 0.2) is 0 Å². The largest absolute Gasteiger partial charge is 1.00 e. The monoisotopic (exact) mass is 468 g/mol. The van der Waals surface area contributed by atoms with Crippen molar-refractivity contribution >= 4 is 8.41 Å². The van der Waals surface area contributed by atoms with Crippen LogP contribution in [-0.4, -0.2) is 39.6 Å². The molecule has 0 aromatic heterocycles. The van der Waals surface area contributed by atoms with E-state index in [0.29, 0.717) is 0 Å². The van der Waals surface area contributed by atoms with Gasteiger partial charge in [0.05, 0.1) is 26.7 Å². The molecule has 0 unspecified atom stereocenters. The quantitative estimate of drug-likeness (QED) is 0.135. The molecule has 0 aliphatic rings. The van der Waals surface area contributed by atoms with E-state index in [1.165, 1.54) is 140 Å². The molecular weight excluding hydrogens is 411 g/mol. The van der Waals surface area contributed by atoms with Gasteiger partial charge in [0.2, 0.25) is 0 Å². The molecule has 0 rings (SSSR count). The Morgan fingerprint density at radius 1 is 0.393 bits per heavy atom. The average Bonchev–Trinajstić information content (AvgIpc) is 2.64. The minimum atomic E-state index is 0. The van der Waals surface area contributed by atoms with Crippen molar-refractivity contribution in [3.63, 3.8) is 0 Å². The fourth-order valence-corrected chi connectivity index (χ4v) is 4.16. The number of quaternary nitrogens is 1. The molecule has 3 heteroatoms. The van der Waals surface area contributed by atoms with Gasteiger partial charge < -0.3 is 4.48 Å². The second-order valence-corrected chi connectivity index (χ2v) is 9.09. The molecular formula is C25H58BNRb+. The third-order valence-electron chi connectivity index (χ3n) is 6.15. The van der Waals surface area contributed by atoms with Gasteiger partial charge in [-0.15, -0.1) is 0 Å². The van der Waals surface area contributed by atoms with Crippen molar-refractivity contribution in [2.75, 3.05) is 26.7 Å². The van der Waals surface area contributed by atoms with Crippen molar-refractivity contribution in [2.45, 2.75) is 136 Å². The molecule has 0 heterocycles. The first-order valence-electron chi connectivity index (χ1n) is 12.5. The third kappa shape index (κ3) is 24.1. The maximum atomic E-state index is 2.56. The van der Waals surface area contributed by atoms with Crippen molar-refractivity contribution in [2.24, 2.45) is 0 Å². The van der Waals surface area contributed by atoms with Gasteiger partial charge in [-0.05, 0) is 38.5 Å². The van der Waals surface area contributed by atoms with Gasteiger partial charge in [0.25, 0.3) is 0 Å². The van der Waals surface area contributed by atoms with E-state index in [0.717, 1.165) is 0 Å². The summed E-state index contributed by atoms with van der Waals surface area (Å²) in [6.07, 6.45) is 25.9. The van der Waals surface area contributed by atoms with E-state index in [9.17, 15) is 0 Å². The molecule has 0 radical (unpaired) electrons. The fraction of sp³-hybridized carbons (Fsp3) is 1.00. The van der Waals surface area contributed by atoms with Crippen molar-refractivity contribution in [1.29, 1.82) is 0 Å². The predicted octanol–water partition coefficient (Wildman–Crippen LogP) is 4.07. The van der Waals surface area contributed by atoms with E-state index >= 15 is 0 Å². The SMILES string of the molecule is CCCCCCCC[N+](C)(CCCCCCCC)CCCCCCCC.[BH4-].[Rb+]. The van der Waals surface area contributed by atoms with E-state index in [1.54, 1.807) is 0 Å². The second kappa shape index (κ2) is 26.9.